The number of aromatic hydroxyl groups is 2. The number of hydrogen-bond donors (Lipinski definition) is 5. The van der Waals surface area contributed by atoms with Crippen LogP contribution in [0.5, 0.6) is 17.2 Å². The Morgan fingerprint density at radius 3 is 2.25 bits per heavy atom. The number of aliphatic hydroxyl groups is 3. The van der Waals surface area contributed by atoms with Crippen LogP contribution in [-0.4, -0.2) is 75.8 Å². The van der Waals surface area contributed by atoms with Crippen LogP contribution in [0.2, 0.25) is 0 Å². The van der Waals surface area contributed by atoms with E-state index in [1.54, 1.807) is 24.3 Å². The Balaban J connectivity index is 1.77. The molecule has 1 fully saturated rings. The van der Waals surface area contributed by atoms with E-state index in [-0.39, 0.29) is 17.2 Å². The van der Waals surface area contributed by atoms with Crippen LogP contribution in [0.15, 0.2) is 42.5 Å². The molecule has 3 rings (SSSR count). The number of rotatable bonds is 7. The molecule has 0 bridgehead atoms. The molecule has 1 aliphatic heterocycles. The van der Waals surface area contributed by atoms with Gasteiger partial charge in [0.1, 0.15) is 41.7 Å². The first kappa shape index (κ1) is 23.9. The van der Waals surface area contributed by atoms with Gasteiger partial charge in [0.2, 0.25) is 16.7 Å². The van der Waals surface area contributed by atoms with Crippen LogP contribution in [0, 0.1) is 0 Å². The maximum atomic E-state index is 10.9. The second-order valence-electron chi connectivity index (χ2n) is 6.98. The maximum absolute atomic E-state index is 10.9. The van der Waals surface area contributed by atoms with Crippen LogP contribution >= 0.6 is 0 Å². The average Bonchev–Trinajstić information content (AvgIpc) is 2.72. The largest absolute Gasteiger partial charge is 0.726 e. The average molecular weight is 469 g/mol. The molecule has 1 heterocycles. The standard InChI is InChI=1S/C20H22O11S/c21-10-16-19(31-32(26,27)28)17(24)18(25)20(30-16)29-15-8-12(7-14(23)9-15)2-1-11-3-5-13(22)6-4-11/h1-9,16-25H,10H2,(H,26,27,28)/p-1/b2-1+/t16-,17-,18-,19-,20-/m1/s1. The van der Waals surface area contributed by atoms with Crippen molar-refractivity contribution in [3.05, 3.63) is 53.6 Å². The molecule has 0 radical (unpaired) electrons. The molecule has 0 aliphatic carbocycles. The van der Waals surface area contributed by atoms with Gasteiger partial charge in [-0.25, -0.2) is 8.42 Å². The summed E-state index contributed by atoms with van der Waals surface area (Å²) in [6, 6.07) is 10.5. The van der Waals surface area contributed by atoms with E-state index < -0.39 is 47.7 Å². The molecule has 5 atom stereocenters. The summed E-state index contributed by atoms with van der Waals surface area (Å²) in [5.41, 5.74) is 1.27. The number of phenolic OH excluding ortho intramolecular Hbond substituents is 2. The van der Waals surface area contributed by atoms with Gasteiger partial charge in [0.15, 0.2) is 0 Å². The van der Waals surface area contributed by atoms with E-state index >= 15 is 0 Å². The first-order valence-corrected chi connectivity index (χ1v) is 10.6. The summed E-state index contributed by atoms with van der Waals surface area (Å²) >= 11 is 0. The summed E-state index contributed by atoms with van der Waals surface area (Å²) in [4.78, 5) is 0. The Hall–Kier alpha value is -2.71. The normalized spacial score (nSPS) is 26.3. The zero-order valence-electron chi connectivity index (χ0n) is 16.4. The minimum atomic E-state index is -5.25. The minimum absolute atomic E-state index is 0.0270. The van der Waals surface area contributed by atoms with Crippen molar-refractivity contribution in [2.24, 2.45) is 0 Å². The minimum Gasteiger partial charge on any atom is -0.726 e. The van der Waals surface area contributed by atoms with E-state index in [2.05, 4.69) is 4.18 Å². The van der Waals surface area contributed by atoms with E-state index in [1.807, 2.05) is 0 Å². The summed E-state index contributed by atoms with van der Waals surface area (Å²) in [5.74, 6) is -0.0414. The Kier molecular flexibility index (Phi) is 7.36. The molecule has 32 heavy (non-hydrogen) atoms. The summed E-state index contributed by atoms with van der Waals surface area (Å²) in [7, 11) is -5.25. The van der Waals surface area contributed by atoms with Crippen molar-refractivity contribution in [2.45, 2.75) is 30.7 Å². The molecule has 1 aliphatic rings. The van der Waals surface area contributed by atoms with Crippen LogP contribution in [0.3, 0.4) is 0 Å². The highest BCUT2D eigenvalue weighted by Gasteiger charge is 2.47. The van der Waals surface area contributed by atoms with Crippen LogP contribution in [0.1, 0.15) is 11.1 Å². The molecular formula is C20H21O11S-. The second kappa shape index (κ2) is 9.83. The monoisotopic (exact) mass is 469 g/mol. The maximum Gasteiger partial charge on any atom is 0.229 e. The van der Waals surface area contributed by atoms with Crippen molar-refractivity contribution < 1.29 is 52.2 Å². The van der Waals surface area contributed by atoms with Crippen molar-refractivity contribution in [3.63, 3.8) is 0 Å². The van der Waals surface area contributed by atoms with Crippen molar-refractivity contribution >= 4 is 22.6 Å². The molecule has 12 heteroatoms. The highest BCUT2D eigenvalue weighted by atomic mass is 32.3. The molecule has 1 saturated heterocycles. The van der Waals surface area contributed by atoms with Crippen LogP contribution < -0.4 is 4.74 Å². The molecule has 0 spiro atoms. The number of ether oxygens (including phenoxy) is 2. The number of hydrogen-bond acceptors (Lipinski definition) is 11. The molecule has 0 aromatic heterocycles. The van der Waals surface area contributed by atoms with Gasteiger partial charge < -0.3 is 39.6 Å². The van der Waals surface area contributed by atoms with E-state index in [4.69, 9.17) is 9.47 Å². The van der Waals surface area contributed by atoms with Gasteiger partial charge in [-0.15, -0.1) is 0 Å². The first-order valence-electron chi connectivity index (χ1n) is 9.30. The lowest BCUT2D eigenvalue weighted by molar-refractivity contribution is -0.272. The van der Waals surface area contributed by atoms with Gasteiger partial charge in [0, 0.05) is 6.07 Å². The third-order valence-electron chi connectivity index (χ3n) is 4.58. The molecule has 2 aromatic carbocycles. The highest BCUT2D eigenvalue weighted by Crippen LogP contribution is 2.29. The Morgan fingerprint density at radius 2 is 1.62 bits per heavy atom. The summed E-state index contributed by atoms with van der Waals surface area (Å²) in [6.07, 6.45) is -5.33. The van der Waals surface area contributed by atoms with Gasteiger partial charge in [-0.05, 0) is 35.4 Å². The molecular weight excluding hydrogens is 448 g/mol. The van der Waals surface area contributed by atoms with Gasteiger partial charge in [0.05, 0.1) is 6.61 Å². The predicted octanol–water partition coefficient (Wildman–Crippen LogP) is -0.0686. The van der Waals surface area contributed by atoms with Crippen LogP contribution in [0.25, 0.3) is 12.2 Å². The summed E-state index contributed by atoms with van der Waals surface area (Å²) in [5, 5.41) is 49.1. The van der Waals surface area contributed by atoms with Crippen molar-refractivity contribution in [3.8, 4) is 17.2 Å². The van der Waals surface area contributed by atoms with Gasteiger partial charge in [0.25, 0.3) is 0 Å². The fourth-order valence-electron chi connectivity index (χ4n) is 3.09. The highest BCUT2D eigenvalue weighted by molar-refractivity contribution is 7.80. The molecule has 0 amide bonds. The molecule has 0 unspecified atom stereocenters. The molecule has 11 nitrogen and oxygen atoms in total. The summed E-state index contributed by atoms with van der Waals surface area (Å²) < 4.78 is 47.5. The van der Waals surface area contributed by atoms with Crippen LogP contribution in [-0.2, 0) is 19.3 Å². The van der Waals surface area contributed by atoms with Crippen molar-refractivity contribution in [1.29, 1.82) is 0 Å². The zero-order valence-corrected chi connectivity index (χ0v) is 17.2. The van der Waals surface area contributed by atoms with Crippen molar-refractivity contribution in [1.82, 2.24) is 0 Å². The van der Waals surface area contributed by atoms with Gasteiger partial charge in [-0.1, -0.05) is 24.3 Å². The lowest BCUT2D eigenvalue weighted by atomic mass is 9.99. The predicted molar refractivity (Wildman–Crippen MR) is 108 cm³/mol. The van der Waals surface area contributed by atoms with Crippen LogP contribution in [0.4, 0.5) is 0 Å². The van der Waals surface area contributed by atoms with E-state index in [1.165, 1.54) is 30.3 Å². The van der Waals surface area contributed by atoms with E-state index in [0.29, 0.717) is 5.56 Å². The lowest BCUT2D eigenvalue weighted by Gasteiger charge is -2.41. The van der Waals surface area contributed by atoms with Gasteiger partial charge >= 0.3 is 0 Å². The lowest BCUT2D eigenvalue weighted by Crippen LogP contribution is -2.61. The fraction of sp³-hybridized carbons (Fsp3) is 0.300. The zero-order chi connectivity index (χ0) is 23.5. The summed E-state index contributed by atoms with van der Waals surface area (Å²) in [6.45, 7) is -0.843. The second-order valence-corrected chi connectivity index (χ2v) is 7.99. The smallest absolute Gasteiger partial charge is 0.229 e. The van der Waals surface area contributed by atoms with E-state index in [9.17, 15) is 38.5 Å². The van der Waals surface area contributed by atoms with Gasteiger partial charge in [-0.3, -0.25) is 4.18 Å². The van der Waals surface area contributed by atoms with E-state index in [0.717, 1.165) is 5.56 Å². The number of benzene rings is 2. The Morgan fingerprint density at radius 1 is 0.969 bits per heavy atom. The first-order chi connectivity index (χ1) is 15.1. The third kappa shape index (κ3) is 6.17. The SMILES string of the molecule is O=S(=O)([O-])O[C@H]1[C@H](O)[C@@H](O)[C@H](Oc2cc(O)cc(/C=C/c3ccc(O)cc3)c2)O[C@@H]1CO. The molecule has 174 valence electrons. The Labute approximate surface area is 183 Å². The van der Waals surface area contributed by atoms with Gasteiger partial charge in [-0.2, -0.15) is 0 Å². The molecule has 5 N–H and O–H groups in total. The van der Waals surface area contributed by atoms with Crippen molar-refractivity contribution in [2.75, 3.05) is 6.61 Å². The third-order valence-corrected chi connectivity index (χ3v) is 5.03. The topological polar surface area (TPSA) is 186 Å². The Bertz CT molecular complexity index is 1050. The number of phenols is 2. The fourth-order valence-corrected chi connectivity index (χ4v) is 3.60. The quantitative estimate of drug-likeness (QED) is 0.208. The molecule has 2 aromatic rings. The molecule has 0 saturated carbocycles. The number of aliphatic hydroxyl groups excluding tert-OH is 3.